The molecule has 0 unspecified atom stereocenters. The van der Waals surface area contributed by atoms with Gasteiger partial charge >= 0.3 is 5.97 Å². The topological polar surface area (TPSA) is 70.4 Å². The van der Waals surface area contributed by atoms with Gasteiger partial charge in [-0.05, 0) is 51.8 Å². The highest BCUT2D eigenvalue weighted by Gasteiger charge is 2.22. The fourth-order valence-corrected chi connectivity index (χ4v) is 4.12. The van der Waals surface area contributed by atoms with Crippen LogP contribution in [0.15, 0.2) is 36.4 Å². The van der Waals surface area contributed by atoms with Crippen molar-refractivity contribution < 1.29 is 19.1 Å². The van der Waals surface area contributed by atoms with Crippen LogP contribution in [0.25, 0.3) is 10.9 Å². The van der Waals surface area contributed by atoms with Gasteiger partial charge < -0.3 is 14.0 Å². The van der Waals surface area contributed by atoms with Gasteiger partial charge in [-0.2, -0.15) is 0 Å². The Morgan fingerprint density at radius 2 is 1.97 bits per heavy atom. The SMILES string of the molecule is Cc1cc(C(=O)OCC(=O)c2cc(C)n(C[C@@H]3CCCO3)c2C)c2ccccc2n1. The van der Waals surface area contributed by atoms with Gasteiger partial charge in [-0.25, -0.2) is 4.79 Å². The fourth-order valence-electron chi connectivity index (χ4n) is 4.12. The van der Waals surface area contributed by atoms with Crippen LogP contribution in [0.4, 0.5) is 0 Å². The van der Waals surface area contributed by atoms with Crippen molar-refractivity contribution in [2.24, 2.45) is 0 Å². The minimum Gasteiger partial charge on any atom is -0.454 e. The molecule has 0 amide bonds. The molecule has 0 bridgehead atoms. The Hall–Kier alpha value is -2.99. The van der Waals surface area contributed by atoms with Gasteiger partial charge in [-0.15, -0.1) is 0 Å². The lowest BCUT2D eigenvalue weighted by Gasteiger charge is -2.14. The molecule has 1 fully saturated rings. The van der Waals surface area contributed by atoms with Crippen molar-refractivity contribution in [2.75, 3.05) is 13.2 Å². The molecular weight excluding hydrogens is 380 g/mol. The average molecular weight is 406 g/mol. The summed E-state index contributed by atoms with van der Waals surface area (Å²) in [4.78, 5) is 30.0. The first-order valence-corrected chi connectivity index (χ1v) is 10.3. The van der Waals surface area contributed by atoms with Crippen LogP contribution in [0.3, 0.4) is 0 Å². The second kappa shape index (κ2) is 8.40. The normalized spacial score (nSPS) is 16.2. The second-order valence-electron chi connectivity index (χ2n) is 7.86. The van der Waals surface area contributed by atoms with Crippen LogP contribution in [0.1, 0.15) is 50.6 Å². The molecule has 6 nitrogen and oxygen atoms in total. The highest BCUT2D eigenvalue weighted by Crippen LogP contribution is 2.22. The summed E-state index contributed by atoms with van der Waals surface area (Å²) < 4.78 is 13.2. The van der Waals surface area contributed by atoms with Gasteiger partial charge in [-0.3, -0.25) is 9.78 Å². The van der Waals surface area contributed by atoms with Gasteiger partial charge in [0.2, 0.25) is 5.78 Å². The summed E-state index contributed by atoms with van der Waals surface area (Å²) in [5.74, 6) is -0.719. The average Bonchev–Trinajstić information content (AvgIpc) is 3.35. The van der Waals surface area contributed by atoms with E-state index in [1.165, 1.54) is 0 Å². The van der Waals surface area contributed by atoms with Crippen LogP contribution in [0.5, 0.6) is 0 Å². The molecule has 0 N–H and O–H groups in total. The minimum absolute atomic E-state index is 0.193. The number of hydrogen-bond acceptors (Lipinski definition) is 5. The van der Waals surface area contributed by atoms with Gasteiger partial charge in [0.05, 0.1) is 17.2 Å². The molecule has 1 saturated heterocycles. The Bertz CT molecular complexity index is 1110. The summed E-state index contributed by atoms with van der Waals surface area (Å²) in [5.41, 5.74) is 4.37. The highest BCUT2D eigenvalue weighted by atomic mass is 16.5. The predicted molar refractivity (Wildman–Crippen MR) is 114 cm³/mol. The van der Waals surface area contributed by atoms with Crippen molar-refractivity contribution >= 4 is 22.7 Å². The van der Waals surface area contributed by atoms with Crippen molar-refractivity contribution in [2.45, 2.75) is 46.3 Å². The monoisotopic (exact) mass is 406 g/mol. The van der Waals surface area contributed by atoms with E-state index in [1.807, 2.05) is 51.1 Å². The van der Waals surface area contributed by atoms with Crippen LogP contribution in [-0.2, 0) is 16.0 Å². The molecular formula is C24H26N2O4. The third kappa shape index (κ3) is 4.00. The molecule has 30 heavy (non-hydrogen) atoms. The van der Waals surface area contributed by atoms with Crippen molar-refractivity contribution in [1.29, 1.82) is 0 Å². The number of pyridine rings is 1. The number of aromatic nitrogens is 2. The fraction of sp³-hybridized carbons (Fsp3) is 0.375. The second-order valence-corrected chi connectivity index (χ2v) is 7.86. The third-order valence-electron chi connectivity index (χ3n) is 5.68. The van der Waals surface area contributed by atoms with E-state index in [-0.39, 0.29) is 18.5 Å². The molecule has 0 radical (unpaired) electrons. The zero-order valence-corrected chi connectivity index (χ0v) is 17.6. The molecule has 6 heteroatoms. The lowest BCUT2D eigenvalue weighted by atomic mass is 10.1. The molecule has 0 aliphatic carbocycles. The zero-order valence-electron chi connectivity index (χ0n) is 17.6. The Morgan fingerprint density at radius 1 is 1.17 bits per heavy atom. The maximum atomic E-state index is 12.8. The number of nitrogens with zero attached hydrogens (tertiary/aromatic N) is 2. The number of para-hydroxylation sites is 1. The molecule has 156 valence electrons. The third-order valence-corrected chi connectivity index (χ3v) is 5.68. The van der Waals surface area contributed by atoms with Crippen molar-refractivity contribution in [1.82, 2.24) is 9.55 Å². The van der Waals surface area contributed by atoms with E-state index in [0.717, 1.165) is 54.0 Å². The van der Waals surface area contributed by atoms with Gasteiger partial charge in [0.15, 0.2) is 6.61 Å². The number of esters is 1. The van der Waals surface area contributed by atoms with Gasteiger partial charge in [0.25, 0.3) is 0 Å². The largest absolute Gasteiger partial charge is 0.454 e. The molecule has 1 aliphatic heterocycles. The first-order valence-electron chi connectivity index (χ1n) is 10.3. The Kier molecular flexibility index (Phi) is 5.68. The van der Waals surface area contributed by atoms with Gasteiger partial charge in [0.1, 0.15) is 0 Å². The number of carbonyl (C=O) groups is 2. The smallest absolute Gasteiger partial charge is 0.339 e. The molecule has 1 aromatic carbocycles. The Balaban J connectivity index is 1.48. The number of ether oxygens (including phenoxy) is 2. The number of aryl methyl sites for hydroxylation is 2. The highest BCUT2D eigenvalue weighted by molar-refractivity contribution is 6.05. The number of Topliss-reactive ketones (excluding diaryl/α,β-unsaturated/α-hetero) is 1. The zero-order chi connectivity index (χ0) is 21.3. The first-order chi connectivity index (χ1) is 14.4. The van der Waals surface area contributed by atoms with E-state index >= 15 is 0 Å². The predicted octanol–water partition coefficient (Wildman–Crippen LogP) is 4.18. The molecule has 3 aromatic rings. The van der Waals surface area contributed by atoms with Gasteiger partial charge in [0, 0.05) is 41.2 Å². The van der Waals surface area contributed by atoms with Crippen molar-refractivity contribution in [3.63, 3.8) is 0 Å². The summed E-state index contributed by atoms with van der Waals surface area (Å²) in [6.07, 6.45) is 2.31. The Labute approximate surface area is 175 Å². The quantitative estimate of drug-likeness (QED) is 0.454. The molecule has 1 aliphatic rings. The number of fused-ring (bicyclic) bond motifs is 1. The van der Waals surface area contributed by atoms with Crippen LogP contribution in [-0.4, -0.2) is 40.6 Å². The molecule has 4 rings (SSSR count). The van der Waals surface area contributed by atoms with Crippen LogP contribution >= 0.6 is 0 Å². The number of ketones is 1. The number of hydrogen-bond donors (Lipinski definition) is 0. The molecule has 1 atom stereocenters. The summed E-state index contributed by atoms with van der Waals surface area (Å²) >= 11 is 0. The van der Waals surface area contributed by atoms with Crippen molar-refractivity contribution in [3.05, 3.63) is 64.6 Å². The summed E-state index contributed by atoms with van der Waals surface area (Å²) in [6.45, 7) is 6.99. The van der Waals surface area contributed by atoms with Crippen molar-refractivity contribution in [3.8, 4) is 0 Å². The van der Waals surface area contributed by atoms with E-state index in [2.05, 4.69) is 9.55 Å². The first kappa shape index (κ1) is 20.3. The molecule has 0 saturated carbocycles. The Morgan fingerprint density at radius 3 is 2.73 bits per heavy atom. The van der Waals surface area contributed by atoms with E-state index in [4.69, 9.17) is 9.47 Å². The lowest BCUT2D eigenvalue weighted by Crippen LogP contribution is -2.18. The number of carbonyl (C=O) groups excluding carboxylic acids is 2. The summed E-state index contributed by atoms with van der Waals surface area (Å²) in [5, 5.41) is 0.718. The van der Waals surface area contributed by atoms with Gasteiger partial charge in [-0.1, -0.05) is 18.2 Å². The summed E-state index contributed by atoms with van der Waals surface area (Å²) in [7, 11) is 0. The maximum Gasteiger partial charge on any atom is 0.339 e. The minimum atomic E-state index is -0.516. The van der Waals surface area contributed by atoms with Crippen LogP contribution in [0, 0.1) is 20.8 Å². The molecule has 0 spiro atoms. The van der Waals surface area contributed by atoms with Crippen LogP contribution in [0.2, 0.25) is 0 Å². The number of rotatable bonds is 6. The van der Waals surface area contributed by atoms with E-state index in [9.17, 15) is 9.59 Å². The van der Waals surface area contributed by atoms with Crippen LogP contribution < -0.4 is 0 Å². The maximum absolute atomic E-state index is 12.8. The molecule has 3 heterocycles. The standard InChI is InChI=1S/C24H26N2O4/c1-15-11-21(19-8-4-5-9-22(19)25-15)24(28)30-14-23(27)20-12-16(2)26(17(20)3)13-18-7-6-10-29-18/h4-5,8-9,11-12,18H,6-7,10,13-14H2,1-3H3/t18-/m0/s1. The lowest BCUT2D eigenvalue weighted by molar-refractivity contribution is 0.0476. The van der Waals surface area contributed by atoms with E-state index < -0.39 is 5.97 Å². The molecule has 2 aromatic heterocycles. The van der Waals surface area contributed by atoms with E-state index in [1.54, 1.807) is 6.07 Å². The number of benzene rings is 1. The van der Waals surface area contributed by atoms with E-state index in [0.29, 0.717) is 11.1 Å². The summed E-state index contributed by atoms with van der Waals surface area (Å²) in [6, 6.07) is 11.0.